The van der Waals surface area contributed by atoms with Gasteiger partial charge in [-0.15, -0.1) is 0 Å². The lowest BCUT2D eigenvalue weighted by Crippen LogP contribution is -2.26. The summed E-state index contributed by atoms with van der Waals surface area (Å²) in [5.74, 6) is 4.71. The highest BCUT2D eigenvalue weighted by molar-refractivity contribution is 5.89. The first-order valence-electron chi connectivity index (χ1n) is 12.1. The maximum atomic E-state index is 6.70. The first kappa shape index (κ1) is 24.0. The molecule has 3 atom stereocenters. The summed E-state index contributed by atoms with van der Waals surface area (Å²) in [6.45, 7) is 4.59. The number of fused-ring (bicyclic) bond motifs is 4. The molecule has 1 aliphatic heterocycles. The largest absolute Gasteiger partial charge is 0.493 e. The minimum Gasteiger partial charge on any atom is -0.493 e. The van der Waals surface area contributed by atoms with Gasteiger partial charge in [0.05, 0.1) is 28.4 Å². The van der Waals surface area contributed by atoms with Gasteiger partial charge in [0, 0.05) is 22.6 Å². The molecule has 7 heteroatoms. The summed E-state index contributed by atoms with van der Waals surface area (Å²) >= 11 is 0. The highest BCUT2D eigenvalue weighted by Gasteiger charge is 2.39. The van der Waals surface area contributed by atoms with Gasteiger partial charge in [-0.3, -0.25) is 0 Å². The first-order chi connectivity index (χ1) is 17.5. The summed E-state index contributed by atoms with van der Waals surface area (Å²) in [5.41, 5.74) is 3.72. The van der Waals surface area contributed by atoms with E-state index in [1.54, 1.807) is 28.4 Å². The van der Waals surface area contributed by atoms with Crippen molar-refractivity contribution in [2.24, 2.45) is 11.8 Å². The van der Waals surface area contributed by atoms with Crippen LogP contribution in [0.4, 0.5) is 0 Å². The monoisotopic (exact) mass is 492 g/mol. The Balaban J connectivity index is 1.87. The van der Waals surface area contributed by atoms with E-state index in [0.29, 0.717) is 34.5 Å². The summed E-state index contributed by atoms with van der Waals surface area (Å²) < 4.78 is 41.9. The minimum atomic E-state index is -0.285. The van der Waals surface area contributed by atoms with Crippen molar-refractivity contribution < 1.29 is 33.2 Å². The molecule has 190 valence electrons. The average Bonchev–Trinajstić information content (AvgIpc) is 3.38. The van der Waals surface area contributed by atoms with Gasteiger partial charge in [-0.2, -0.15) is 0 Å². The van der Waals surface area contributed by atoms with Crippen molar-refractivity contribution in [3.8, 4) is 51.4 Å². The van der Waals surface area contributed by atoms with E-state index in [-0.39, 0.29) is 24.7 Å². The molecule has 1 heterocycles. The van der Waals surface area contributed by atoms with E-state index in [4.69, 9.17) is 33.2 Å². The summed E-state index contributed by atoms with van der Waals surface area (Å²) in [6, 6.07) is 13.9. The quantitative estimate of drug-likeness (QED) is 0.414. The highest BCUT2D eigenvalue weighted by atomic mass is 16.7. The van der Waals surface area contributed by atoms with Crippen molar-refractivity contribution >= 4 is 0 Å². The van der Waals surface area contributed by atoms with Crippen LogP contribution in [-0.4, -0.2) is 35.2 Å². The molecule has 2 aliphatic rings. The normalized spacial score (nSPS) is 19.9. The first-order valence-corrected chi connectivity index (χ1v) is 12.1. The molecule has 0 saturated heterocycles. The molecule has 0 fully saturated rings. The Labute approximate surface area is 211 Å². The predicted molar refractivity (Wildman–Crippen MR) is 136 cm³/mol. The van der Waals surface area contributed by atoms with Crippen LogP contribution in [-0.2, 0) is 6.42 Å². The molecule has 0 aromatic heterocycles. The molecule has 36 heavy (non-hydrogen) atoms. The minimum absolute atomic E-state index is 0.126. The molecule has 0 amide bonds. The second kappa shape index (κ2) is 9.72. The van der Waals surface area contributed by atoms with Crippen molar-refractivity contribution in [2.75, 3.05) is 35.2 Å². The van der Waals surface area contributed by atoms with E-state index < -0.39 is 0 Å². The summed E-state index contributed by atoms with van der Waals surface area (Å²) in [6.07, 6.45) is 0.491. The SMILES string of the molecule is COc1cc2c(c(OC)c1OC)-c1c(cc3c(c1OC)OCO3)[C@H](Oc1ccccc1)[C@@H](C)[C@@H](C)C2. The van der Waals surface area contributed by atoms with Crippen LogP contribution in [0.5, 0.6) is 40.2 Å². The third kappa shape index (κ3) is 3.83. The Bertz CT molecular complexity index is 1250. The van der Waals surface area contributed by atoms with Gasteiger partial charge < -0.3 is 33.2 Å². The molecule has 1 aliphatic carbocycles. The summed E-state index contributed by atoms with van der Waals surface area (Å²) in [4.78, 5) is 0. The number of benzene rings is 3. The fourth-order valence-corrected chi connectivity index (χ4v) is 5.28. The van der Waals surface area contributed by atoms with E-state index in [9.17, 15) is 0 Å². The van der Waals surface area contributed by atoms with Crippen LogP contribution in [0.1, 0.15) is 31.1 Å². The number of hydrogen-bond donors (Lipinski definition) is 0. The fourth-order valence-electron chi connectivity index (χ4n) is 5.28. The maximum absolute atomic E-state index is 6.70. The van der Waals surface area contributed by atoms with Crippen LogP contribution in [0, 0.1) is 11.8 Å². The van der Waals surface area contributed by atoms with Crippen LogP contribution < -0.4 is 33.2 Å². The van der Waals surface area contributed by atoms with Crippen LogP contribution in [0.3, 0.4) is 0 Å². The highest BCUT2D eigenvalue weighted by Crippen LogP contribution is 2.58. The molecule has 0 spiro atoms. The molecule has 0 radical (unpaired) electrons. The van der Waals surface area contributed by atoms with E-state index in [2.05, 4.69) is 13.8 Å². The van der Waals surface area contributed by atoms with Crippen molar-refractivity contribution in [3.05, 3.63) is 53.6 Å². The number of ether oxygens (including phenoxy) is 7. The number of rotatable bonds is 6. The van der Waals surface area contributed by atoms with E-state index in [0.717, 1.165) is 34.4 Å². The molecular formula is C29H32O7. The second-order valence-electron chi connectivity index (χ2n) is 9.18. The maximum Gasteiger partial charge on any atom is 0.231 e. The van der Waals surface area contributed by atoms with E-state index in [1.807, 2.05) is 42.5 Å². The van der Waals surface area contributed by atoms with Gasteiger partial charge in [0.15, 0.2) is 23.0 Å². The lowest BCUT2D eigenvalue weighted by Gasteiger charge is -2.35. The molecule has 3 aromatic rings. The average molecular weight is 493 g/mol. The fraction of sp³-hybridized carbons (Fsp3) is 0.379. The predicted octanol–water partition coefficient (Wildman–Crippen LogP) is 6.07. The molecule has 0 saturated carbocycles. The van der Waals surface area contributed by atoms with E-state index >= 15 is 0 Å². The van der Waals surface area contributed by atoms with Crippen LogP contribution in [0.15, 0.2) is 42.5 Å². The molecule has 0 bridgehead atoms. The van der Waals surface area contributed by atoms with Gasteiger partial charge >= 0.3 is 0 Å². The molecule has 3 aromatic carbocycles. The van der Waals surface area contributed by atoms with Gasteiger partial charge in [0.2, 0.25) is 18.3 Å². The lowest BCUT2D eigenvalue weighted by atomic mass is 9.75. The molecule has 7 nitrogen and oxygen atoms in total. The van der Waals surface area contributed by atoms with Crippen molar-refractivity contribution in [1.82, 2.24) is 0 Å². The Kier molecular flexibility index (Phi) is 6.48. The zero-order valence-electron chi connectivity index (χ0n) is 21.5. The zero-order chi connectivity index (χ0) is 25.4. The van der Waals surface area contributed by atoms with E-state index in [1.165, 1.54) is 0 Å². The van der Waals surface area contributed by atoms with Crippen molar-refractivity contribution in [1.29, 1.82) is 0 Å². The Morgan fingerprint density at radius 1 is 0.778 bits per heavy atom. The lowest BCUT2D eigenvalue weighted by molar-refractivity contribution is 0.110. The molecular weight excluding hydrogens is 460 g/mol. The van der Waals surface area contributed by atoms with Crippen LogP contribution in [0.25, 0.3) is 11.1 Å². The van der Waals surface area contributed by atoms with Crippen molar-refractivity contribution in [2.45, 2.75) is 26.4 Å². The smallest absolute Gasteiger partial charge is 0.231 e. The van der Waals surface area contributed by atoms with Crippen molar-refractivity contribution in [3.63, 3.8) is 0 Å². The van der Waals surface area contributed by atoms with Crippen LogP contribution >= 0.6 is 0 Å². The second-order valence-corrected chi connectivity index (χ2v) is 9.18. The van der Waals surface area contributed by atoms with Gasteiger partial charge in [-0.1, -0.05) is 32.0 Å². The van der Waals surface area contributed by atoms with Gasteiger partial charge in [0.1, 0.15) is 11.9 Å². The third-order valence-electron chi connectivity index (χ3n) is 7.25. The molecule has 5 rings (SSSR count). The van der Waals surface area contributed by atoms with Crippen LogP contribution in [0.2, 0.25) is 0 Å². The Hall–Kier alpha value is -3.74. The number of para-hydroxylation sites is 1. The standard InChI is InChI=1S/C29H32O7/c1-16-12-18-13-21(30-3)26(31-4)28(32-5)23(18)24-20(14-22-27(29(24)33-6)35-15-34-22)25(17(16)2)36-19-10-8-7-9-11-19/h7-11,13-14,16-17,25H,12,15H2,1-6H3/t16-,17-,25+/m0/s1. The Morgan fingerprint density at radius 2 is 1.50 bits per heavy atom. The van der Waals surface area contributed by atoms with Gasteiger partial charge in [0.25, 0.3) is 0 Å². The third-order valence-corrected chi connectivity index (χ3v) is 7.25. The van der Waals surface area contributed by atoms with Gasteiger partial charge in [-0.25, -0.2) is 0 Å². The molecule has 0 N–H and O–H groups in total. The Morgan fingerprint density at radius 3 is 2.17 bits per heavy atom. The zero-order valence-corrected chi connectivity index (χ0v) is 21.5. The summed E-state index contributed by atoms with van der Waals surface area (Å²) in [5, 5.41) is 0. The number of methoxy groups -OCH3 is 4. The van der Waals surface area contributed by atoms with Gasteiger partial charge in [-0.05, 0) is 42.2 Å². The number of hydrogen-bond acceptors (Lipinski definition) is 7. The topological polar surface area (TPSA) is 64.6 Å². The summed E-state index contributed by atoms with van der Waals surface area (Å²) in [7, 11) is 6.52. The molecule has 0 unspecified atom stereocenters.